The van der Waals surface area contributed by atoms with E-state index in [1.165, 1.54) is 31.2 Å². The fourth-order valence-electron chi connectivity index (χ4n) is 2.78. The summed E-state index contributed by atoms with van der Waals surface area (Å²) < 4.78 is 0. The lowest BCUT2D eigenvalue weighted by Gasteiger charge is -2.25. The third kappa shape index (κ3) is 5.69. The average Bonchev–Trinajstić information content (AvgIpc) is 2.39. The number of guanidine groups is 1. The van der Waals surface area contributed by atoms with Gasteiger partial charge in [-0.15, -0.1) is 24.0 Å². The van der Waals surface area contributed by atoms with E-state index in [-0.39, 0.29) is 24.0 Å². The maximum Gasteiger partial charge on any atom is 0.193 e. The van der Waals surface area contributed by atoms with Crippen molar-refractivity contribution in [1.82, 2.24) is 0 Å². The molecule has 4 heteroatoms. The SMILES string of the molecule is Cc1ccc(NC(N)=NCC2CCCC(C)C2)cc1.I. The molecule has 1 aromatic rings. The summed E-state index contributed by atoms with van der Waals surface area (Å²) in [5, 5.41) is 3.15. The second-order valence-corrected chi connectivity index (χ2v) is 5.85. The first kappa shape index (κ1) is 17.3. The van der Waals surface area contributed by atoms with Crippen LogP contribution in [0.5, 0.6) is 0 Å². The molecule has 2 unspecified atom stereocenters. The minimum absolute atomic E-state index is 0. The van der Waals surface area contributed by atoms with Crippen LogP contribution in [-0.2, 0) is 0 Å². The molecule has 0 saturated heterocycles. The molecule has 3 N–H and O–H groups in total. The van der Waals surface area contributed by atoms with Gasteiger partial charge in [0, 0.05) is 12.2 Å². The van der Waals surface area contributed by atoms with Crippen LogP contribution < -0.4 is 11.1 Å². The number of anilines is 1. The average molecular weight is 387 g/mol. The van der Waals surface area contributed by atoms with Gasteiger partial charge in [-0.25, -0.2) is 0 Å². The molecule has 20 heavy (non-hydrogen) atoms. The molecule has 1 aromatic carbocycles. The van der Waals surface area contributed by atoms with E-state index in [0.29, 0.717) is 11.9 Å². The Morgan fingerprint density at radius 3 is 2.65 bits per heavy atom. The highest BCUT2D eigenvalue weighted by Crippen LogP contribution is 2.28. The number of aryl methyl sites for hydroxylation is 1. The van der Waals surface area contributed by atoms with Crippen LogP contribution >= 0.6 is 24.0 Å². The van der Waals surface area contributed by atoms with Crippen LogP contribution in [0.3, 0.4) is 0 Å². The van der Waals surface area contributed by atoms with Gasteiger partial charge in [-0.1, -0.05) is 37.5 Å². The van der Waals surface area contributed by atoms with Crippen molar-refractivity contribution < 1.29 is 0 Å². The predicted octanol–water partition coefficient (Wildman–Crippen LogP) is 4.17. The van der Waals surface area contributed by atoms with Crippen molar-refractivity contribution in [2.75, 3.05) is 11.9 Å². The van der Waals surface area contributed by atoms with Gasteiger partial charge in [-0.2, -0.15) is 0 Å². The highest BCUT2D eigenvalue weighted by Gasteiger charge is 2.18. The molecule has 0 radical (unpaired) electrons. The fourth-order valence-corrected chi connectivity index (χ4v) is 2.78. The first-order valence-corrected chi connectivity index (χ1v) is 7.27. The lowest BCUT2D eigenvalue weighted by atomic mass is 9.82. The van der Waals surface area contributed by atoms with E-state index >= 15 is 0 Å². The number of aliphatic imine (C=N–C) groups is 1. The zero-order chi connectivity index (χ0) is 13.7. The summed E-state index contributed by atoms with van der Waals surface area (Å²) in [6.45, 7) is 5.27. The molecule has 3 nitrogen and oxygen atoms in total. The number of nitrogens with two attached hydrogens (primary N) is 1. The Morgan fingerprint density at radius 2 is 2.00 bits per heavy atom. The molecular formula is C16H26IN3. The smallest absolute Gasteiger partial charge is 0.193 e. The topological polar surface area (TPSA) is 50.4 Å². The molecule has 1 aliphatic rings. The zero-order valence-corrected chi connectivity index (χ0v) is 14.8. The molecule has 0 spiro atoms. The quantitative estimate of drug-likeness (QED) is 0.465. The third-order valence-electron chi connectivity index (χ3n) is 3.89. The monoisotopic (exact) mass is 387 g/mol. The number of hydrogen-bond acceptors (Lipinski definition) is 1. The van der Waals surface area contributed by atoms with Crippen molar-refractivity contribution in [2.24, 2.45) is 22.6 Å². The van der Waals surface area contributed by atoms with Crippen LogP contribution in [0.1, 0.15) is 38.2 Å². The van der Waals surface area contributed by atoms with Gasteiger partial charge < -0.3 is 11.1 Å². The van der Waals surface area contributed by atoms with Crippen molar-refractivity contribution in [3.05, 3.63) is 29.8 Å². The van der Waals surface area contributed by atoms with Gasteiger partial charge in [0.15, 0.2) is 5.96 Å². The van der Waals surface area contributed by atoms with Crippen molar-refractivity contribution in [2.45, 2.75) is 39.5 Å². The van der Waals surface area contributed by atoms with E-state index in [2.05, 4.69) is 36.3 Å². The molecule has 0 aliphatic heterocycles. The van der Waals surface area contributed by atoms with Gasteiger partial charge in [0.25, 0.3) is 0 Å². The van der Waals surface area contributed by atoms with Crippen LogP contribution in [0.2, 0.25) is 0 Å². The maximum absolute atomic E-state index is 5.93. The minimum atomic E-state index is 0. The van der Waals surface area contributed by atoms with Crippen LogP contribution in [-0.4, -0.2) is 12.5 Å². The lowest BCUT2D eigenvalue weighted by Crippen LogP contribution is -2.25. The van der Waals surface area contributed by atoms with Crippen molar-refractivity contribution in [3.8, 4) is 0 Å². The highest BCUT2D eigenvalue weighted by molar-refractivity contribution is 14.0. The fraction of sp³-hybridized carbons (Fsp3) is 0.562. The molecule has 0 amide bonds. The van der Waals surface area contributed by atoms with Gasteiger partial charge in [0.1, 0.15) is 0 Å². The predicted molar refractivity (Wildman–Crippen MR) is 97.8 cm³/mol. The molecule has 1 aliphatic carbocycles. The van der Waals surface area contributed by atoms with E-state index < -0.39 is 0 Å². The van der Waals surface area contributed by atoms with E-state index in [1.54, 1.807) is 0 Å². The Hall–Kier alpha value is -0.780. The third-order valence-corrected chi connectivity index (χ3v) is 3.89. The Bertz CT molecular complexity index is 428. The second kappa shape index (κ2) is 8.49. The van der Waals surface area contributed by atoms with Gasteiger partial charge in [0.05, 0.1) is 0 Å². The zero-order valence-electron chi connectivity index (χ0n) is 12.4. The number of rotatable bonds is 3. The molecule has 0 aromatic heterocycles. The van der Waals surface area contributed by atoms with Gasteiger partial charge in [-0.3, -0.25) is 4.99 Å². The molecule has 0 heterocycles. The maximum atomic E-state index is 5.93. The Balaban J connectivity index is 0.00000200. The minimum Gasteiger partial charge on any atom is -0.370 e. The normalized spacial score (nSPS) is 23.0. The molecule has 0 bridgehead atoms. The number of nitrogens with zero attached hydrogens (tertiary/aromatic N) is 1. The highest BCUT2D eigenvalue weighted by atomic mass is 127. The molecular weight excluding hydrogens is 361 g/mol. The van der Waals surface area contributed by atoms with Crippen LogP contribution in [0, 0.1) is 18.8 Å². The molecule has 1 fully saturated rings. The largest absolute Gasteiger partial charge is 0.370 e. The van der Waals surface area contributed by atoms with Gasteiger partial charge in [0.2, 0.25) is 0 Å². The Kier molecular flexibility index (Phi) is 7.34. The summed E-state index contributed by atoms with van der Waals surface area (Å²) in [7, 11) is 0. The molecule has 2 atom stereocenters. The van der Waals surface area contributed by atoms with Gasteiger partial charge in [-0.05, 0) is 43.7 Å². The first-order chi connectivity index (χ1) is 9.13. The second-order valence-electron chi connectivity index (χ2n) is 5.85. The summed E-state index contributed by atoms with van der Waals surface area (Å²) >= 11 is 0. The van der Waals surface area contributed by atoms with Crippen molar-refractivity contribution >= 4 is 35.6 Å². The molecule has 2 rings (SSSR count). The summed E-state index contributed by atoms with van der Waals surface area (Å²) in [6.07, 6.45) is 5.30. The van der Waals surface area contributed by atoms with E-state index in [0.717, 1.165) is 18.2 Å². The van der Waals surface area contributed by atoms with E-state index in [9.17, 15) is 0 Å². The van der Waals surface area contributed by atoms with Crippen molar-refractivity contribution in [1.29, 1.82) is 0 Å². The van der Waals surface area contributed by atoms with Crippen LogP contribution in [0.4, 0.5) is 5.69 Å². The van der Waals surface area contributed by atoms with Gasteiger partial charge >= 0.3 is 0 Å². The lowest BCUT2D eigenvalue weighted by molar-refractivity contribution is 0.289. The number of halogens is 1. The summed E-state index contributed by atoms with van der Waals surface area (Å²) in [4.78, 5) is 4.48. The van der Waals surface area contributed by atoms with Crippen LogP contribution in [0.15, 0.2) is 29.3 Å². The number of hydrogen-bond donors (Lipinski definition) is 2. The van der Waals surface area contributed by atoms with E-state index in [4.69, 9.17) is 5.73 Å². The first-order valence-electron chi connectivity index (χ1n) is 7.27. The molecule has 112 valence electrons. The standard InChI is InChI=1S/C16H25N3.HI/c1-12-6-8-15(9-7-12)19-16(17)18-11-14-5-3-4-13(2)10-14;/h6-9,13-14H,3-5,10-11H2,1-2H3,(H3,17,18,19);1H. The summed E-state index contributed by atoms with van der Waals surface area (Å²) in [6, 6.07) is 8.19. The Morgan fingerprint density at radius 1 is 1.30 bits per heavy atom. The number of benzene rings is 1. The van der Waals surface area contributed by atoms with Crippen LogP contribution in [0.25, 0.3) is 0 Å². The molecule has 1 saturated carbocycles. The number of nitrogens with one attached hydrogen (secondary N) is 1. The summed E-state index contributed by atoms with van der Waals surface area (Å²) in [5.74, 6) is 2.09. The van der Waals surface area contributed by atoms with E-state index in [1.807, 2.05) is 12.1 Å². The van der Waals surface area contributed by atoms with Crippen molar-refractivity contribution in [3.63, 3.8) is 0 Å². The summed E-state index contributed by atoms with van der Waals surface area (Å²) in [5.41, 5.74) is 8.19. The Labute approximate surface area is 139 Å².